The number of phenols is 2. The fourth-order valence-corrected chi connectivity index (χ4v) is 3.34. The number of aromatic hydroxyl groups is 2. The predicted molar refractivity (Wildman–Crippen MR) is 88.2 cm³/mol. The molecule has 2 N–H and O–H groups in total. The number of fused-ring (bicyclic) bond motifs is 3. The molecule has 1 aliphatic rings. The Morgan fingerprint density at radius 2 is 1.55 bits per heavy atom. The van der Waals surface area contributed by atoms with Crippen LogP contribution in [0.4, 0.5) is 0 Å². The van der Waals surface area contributed by atoms with Crippen molar-refractivity contribution in [3.05, 3.63) is 71.3 Å². The average molecular weight is 288 g/mol. The summed E-state index contributed by atoms with van der Waals surface area (Å²) in [5.41, 5.74) is 8.22. The quantitative estimate of drug-likeness (QED) is 0.535. The number of aryl methyl sites for hydroxylation is 1. The van der Waals surface area contributed by atoms with Crippen LogP contribution in [0.15, 0.2) is 54.6 Å². The second kappa shape index (κ2) is 4.63. The van der Waals surface area contributed by atoms with Gasteiger partial charge in [-0.15, -0.1) is 0 Å². The zero-order valence-corrected chi connectivity index (χ0v) is 12.3. The smallest absolute Gasteiger partial charge is 0.119 e. The lowest BCUT2D eigenvalue weighted by Crippen LogP contribution is -1.86. The minimum Gasteiger partial charge on any atom is -0.508 e. The molecule has 2 nitrogen and oxygen atoms in total. The van der Waals surface area contributed by atoms with E-state index in [2.05, 4.69) is 31.2 Å². The van der Waals surface area contributed by atoms with Gasteiger partial charge in [0.15, 0.2) is 0 Å². The summed E-state index contributed by atoms with van der Waals surface area (Å²) in [5, 5.41) is 19.6. The molecule has 0 aromatic heterocycles. The molecule has 3 aromatic carbocycles. The van der Waals surface area contributed by atoms with Crippen molar-refractivity contribution in [1.82, 2.24) is 0 Å². The molecule has 2 heteroatoms. The van der Waals surface area contributed by atoms with Crippen molar-refractivity contribution in [1.29, 1.82) is 0 Å². The zero-order chi connectivity index (χ0) is 15.3. The lowest BCUT2D eigenvalue weighted by Gasteiger charge is -2.11. The molecule has 3 aromatic rings. The van der Waals surface area contributed by atoms with Gasteiger partial charge < -0.3 is 10.2 Å². The normalized spacial score (nSPS) is 12.0. The second-order valence-corrected chi connectivity index (χ2v) is 5.92. The summed E-state index contributed by atoms with van der Waals surface area (Å²) in [5.74, 6) is 0.158. The van der Waals surface area contributed by atoms with E-state index in [4.69, 9.17) is 0 Å². The molecule has 0 fully saturated rings. The minimum absolute atomic E-state index is 0.0788. The predicted octanol–water partition coefficient (Wildman–Crippen LogP) is 4.64. The van der Waals surface area contributed by atoms with Crippen molar-refractivity contribution in [2.24, 2.45) is 0 Å². The van der Waals surface area contributed by atoms with Gasteiger partial charge in [-0.05, 0) is 58.9 Å². The van der Waals surface area contributed by atoms with Crippen LogP contribution in [0, 0.1) is 6.92 Å². The molecule has 4 rings (SSSR count). The number of hydrogen-bond acceptors (Lipinski definition) is 2. The van der Waals surface area contributed by atoms with Crippen LogP contribution < -0.4 is 0 Å². The summed E-state index contributed by atoms with van der Waals surface area (Å²) in [6.45, 7) is 2.10. The molecule has 0 aliphatic heterocycles. The molecular formula is C20H16O2. The van der Waals surface area contributed by atoms with Gasteiger partial charge in [0.25, 0.3) is 0 Å². The van der Waals surface area contributed by atoms with Gasteiger partial charge >= 0.3 is 0 Å². The van der Waals surface area contributed by atoms with E-state index >= 15 is 0 Å². The van der Waals surface area contributed by atoms with E-state index in [0.717, 1.165) is 17.5 Å². The van der Waals surface area contributed by atoms with Crippen LogP contribution in [0.5, 0.6) is 11.5 Å². The highest BCUT2D eigenvalue weighted by atomic mass is 16.3. The molecule has 0 saturated carbocycles. The Hall–Kier alpha value is -2.74. The van der Waals surface area contributed by atoms with Crippen LogP contribution in [-0.4, -0.2) is 10.2 Å². The summed E-state index contributed by atoms with van der Waals surface area (Å²) in [4.78, 5) is 0. The zero-order valence-electron chi connectivity index (χ0n) is 12.3. The molecule has 0 radical (unpaired) electrons. The van der Waals surface area contributed by atoms with Gasteiger partial charge in [-0.2, -0.15) is 0 Å². The molecule has 0 heterocycles. The molecule has 0 bridgehead atoms. The summed E-state index contributed by atoms with van der Waals surface area (Å²) < 4.78 is 0. The van der Waals surface area contributed by atoms with Crippen molar-refractivity contribution in [2.75, 3.05) is 0 Å². The van der Waals surface area contributed by atoms with Gasteiger partial charge in [-0.3, -0.25) is 0 Å². The minimum atomic E-state index is 0.0788. The third kappa shape index (κ3) is 1.96. The molecule has 0 saturated heterocycles. The first-order chi connectivity index (χ1) is 10.6. The fourth-order valence-electron chi connectivity index (χ4n) is 3.34. The Labute approximate surface area is 129 Å². The Morgan fingerprint density at radius 1 is 0.773 bits per heavy atom. The van der Waals surface area contributed by atoms with Crippen LogP contribution in [0.25, 0.3) is 22.3 Å². The van der Waals surface area contributed by atoms with Crippen LogP contribution in [0.1, 0.15) is 16.7 Å². The first-order valence-corrected chi connectivity index (χ1v) is 7.37. The highest BCUT2D eigenvalue weighted by Crippen LogP contribution is 2.44. The SMILES string of the molecule is Cc1ccc2c(c1)-c1c(cccc1-c1cc(O)cc(O)c1)C2. The first kappa shape index (κ1) is 13.0. The van der Waals surface area contributed by atoms with Gasteiger partial charge in [0.2, 0.25) is 0 Å². The molecule has 1 aliphatic carbocycles. The molecule has 0 atom stereocenters. The van der Waals surface area contributed by atoms with Crippen molar-refractivity contribution in [3.8, 4) is 33.8 Å². The highest BCUT2D eigenvalue weighted by Gasteiger charge is 2.22. The van der Waals surface area contributed by atoms with Gasteiger partial charge in [0.1, 0.15) is 11.5 Å². The maximum absolute atomic E-state index is 9.78. The number of rotatable bonds is 1. The lowest BCUT2D eigenvalue weighted by atomic mass is 9.93. The van der Waals surface area contributed by atoms with Crippen molar-refractivity contribution in [2.45, 2.75) is 13.3 Å². The molecular weight excluding hydrogens is 272 g/mol. The van der Waals surface area contributed by atoms with E-state index in [9.17, 15) is 10.2 Å². The number of hydrogen-bond donors (Lipinski definition) is 2. The molecule has 22 heavy (non-hydrogen) atoms. The van der Waals surface area contributed by atoms with E-state index in [1.54, 1.807) is 12.1 Å². The number of benzene rings is 3. The fraction of sp³-hybridized carbons (Fsp3) is 0.100. The highest BCUT2D eigenvalue weighted by molar-refractivity contribution is 5.91. The Bertz CT molecular complexity index is 874. The van der Waals surface area contributed by atoms with Crippen molar-refractivity contribution in [3.63, 3.8) is 0 Å². The molecule has 0 spiro atoms. The maximum Gasteiger partial charge on any atom is 0.119 e. The summed E-state index contributed by atoms with van der Waals surface area (Å²) in [6, 6.07) is 17.5. The van der Waals surface area contributed by atoms with Gasteiger partial charge in [-0.1, -0.05) is 42.0 Å². The van der Waals surface area contributed by atoms with Gasteiger partial charge in [0, 0.05) is 6.07 Å². The van der Waals surface area contributed by atoms with Gasteiger partial charge in [0.05, 0.1) is 0 Å². The molecule has 0 amide bonds. The lowest BCUT2D eigenvalue weighted by molar-refractivity contribution is 0.451. The Balaban J connectivity index is 2.00. The average Bonchev–Trinajstić information content (AvgIpc) is 2.84. The second-order valence-electron chi connectivity index (χ2n) is 5.92. The van der Waals surface area contributed by atoms with Gasteiger partial charge in [-0.25, -0.2) is 0 Å². The third-order valence-electron chi connectivity index (χ3n) is 4.28. The Kier molecular flexibility index (Phi) is 2.73. The summed E-state index contributed by atoms with van der Waals surface area (Å²) >= 11 is 0. The monoisotopic (exact) mass is 288 g/mol. The van der Waals surface area contributed by atoms with E-state index < -0.39 is 0 Å². The van der Waals surface area contributed by atoms with E-state index in [0.29, 0.717) is 0 Å². The van der Waals surface area contributed by atoms with E-state index in [1.807, 2.05) is 12.1 Å². The van der Waals surface area contributed by atoms with Crippen LogP contribution in [-0.2, 0) is 6.42 Å². The van der Waals surface area contributed by atoms with E-state index in [-0.39, 0.29) is 11.5 Å². The van der Waals surface area contributed by atoms with Crippen LogP contribution >= 0.6 is 0 Å². The topological polar surface area (TPSA) is 40.5 Å². The number of phenolic OH excluding ortho intramolecular Hbond substituents is 2. The maximum atomic E-state index is 9.78. The first-order valence-electron chi connectivity index (χ1n) is 7.37. The van der Waals surface area contributed by atoms with Crippen molar-refractivity contribution >= 4 is 0 Å². The third-order valence-corrected chi connectivity index (χ3v) is 4.28. The van der Waals surface area contributed by atoms with E-state index in [1.165, 1.54) is 33.9 Å². The summed E-state index contributed by atoms with van der Waals surface area (Å²) in [6.07, 6.45) is 0.934. The molecule has 108 valence electrons. The van der Waals surface area contributed by atoms with Crippen LogP contribution in [0.2, 0.25) is 0 Å². The Morgan fingerprint density at radius 3 is 2.32 bits per heavy atom. The van der Waals surface area contributed by atoms with Crippen molar-refractivity contribution < 1.29 is 10.2 Å². The standard InChI is InChI=1S/C20H16O2/c1-12-5-6-13-8-14-3-2-4-18(20(14)19(13)7-12)15-9-16(21)11-17(22)10-15/h2-7,9-11,21-22H,8H2,1H3. The van der Waals surface area contributed by atoms with Crippen LogP contribution in [0.3, 0.4) is 0 Å². The summed E-state index contributed by atoms with van der Waals surface area (Å²) in [7, 11) is 0. The molecule has 0 unspecified atom stereocenters. The largest absolute Gasteiger partial charge is 0.508 e.